The maximum Gasteiger partial charge on any atom is 0.150 e. The van der Waals surface area contributed by atoms with E-state index >= 15 is 0 Å². The molecule has 0 amide bonds. The third kappa shape index (κ3) is 2.71. The van der Waals surface area contributed by atoms with Crippen molar-refractivity contribution in [2.24, 2.45) is 0 Å². The molecule has 1 atom stereocenters. The highest BCUT2D eigenvalue weighted by molar-refractivity contribution is 8.00. The molecule has 0 saturated carbocycles. The number of thiophene rings is 1. The Hall–Kier alpha value is -1.04. The van der Waals surface area contributed by atoms with Crippen LogP contribution in [-0.2, 0) is 0 Å². The average molecular weight is 321 g/mol. The van der Waals surface area contributed by atoms with E-state index in [1.165, 1.54) is 15.1 Å². The van der Waals surface area contributed by atoms with Gasteiger partial charge in [-0.3, -0.25) is 0 Å². The summed E-state index contributed by atoms with van der Waals surface area (Å²) in [5.41, 5.74) is 3.61. The van der Waals surface area contributed by atoms with Gasteiger partial charge in [-0.15, -0.1) is 22.7 Å². The average Bonchev–Trinajstić information content (AvgIpc) is 3.03. The molecule has 1 aromatic carbocycles. The van der Waals surface area contributed by atoms with Gasteiger partial charge in [-0.1, -0.05) is 11.8 Å². The van der Waals surface area contributed by atoms with Crippen LogP contribution in [0.4, 0.5) is 5.69 Å². The molecule has 3 aromatic rings. The number of anilines is 1. The minimum absolute atomic E-state index is 0.334. The molecule has 5 heteroatoms. The summed E-state index contributed by atoms with van der Waals surface area (Å²) in [4.78, 5) is 5.97. The molecule has 0 aliphatic heterocycles. The summed E-state index contributed by atoms with van der Waals surface area (Å²) in [7, 11) is 0. The van der Waals surface area contributed by atoms with Crippen LogP contribution < -0.4 is 5.32 Å². The van der Waals surface area contributed by atoms with Crippen molar-refractivity contribution >= 4 is 50.3 Å². The Bertz CT molecular complexity index is 730. The number of benzene rings is 1. The van der Waals surface area contributed by atoms with E-state index in [2.05, 4.69) is 60.0 Å². The van der Waals surface area contributed by atoms with Crippen molar-refractivity contribution in [3.05, 3.63) is 40.1 Å². The van der Waals surface area contributed by atoms with Gasteiger partial charge in [0, 0.05) is 10.6 Å². The van der Waals surface area contributed by atoms with E-state index in [1.807, 2.05) is 11.3 Å². The van der Waals surface area contributed by atoms with E-state index in [-0.39, 0.29) is 0 Å². The normalized spacial score (nSPS) is 12.8. The number of aryl methyl sites for hydroxylation is 1. The predicted molar refractivity (Wildman–Crippen MR) is 92.5 cm³/mol. The number of thiazole rings is 1. The fourth-order valence-corrected chi connectivity index (χ4v) is 4.69. The van der Waals surface area contributed by atoms with E-state index in [0.717, 1.165) is 15.5 Å². The minimum Gasteiger partial charge on any atom is -0.378 e. The molecule has 0 spiro atoms. The van der Waals surface area contributed by atoms with Crippen LogP contribution in [0.3, 0.4) is 0 Å². The van der Waals surface area contributed by atoms with Crippen LogP contribution in [-0.4, -0.2) is 11.2 Å². The number of nitrogens with zero attached hydrogens (tertiary/aromatic N) is 1. The van der Waals surface area contributed by atoms with Crippen molar-refractivity contribution in [3.8, 4) is 0 Å². The van der Waals surface area contributed by atoms with Gasteiger partial charge in [-0.25, -0.2) is 4.98 Å². The van der Waals surface area contributed by atoms with Crippen molar-refractivity contribution in [2.75, 3.05) is 11.6 Å². The molecule has 2 aromatic heterocycles. The van der Waals surface area contributed by atoms with Gasteiger partial charge in [0.25, 0.3) is 0 Å². The number of rotatable bonds is 4. The molecule has 0 bridgehead atoms. The molecule has 0 saturated heterocycles. The summed E-state index contributed by atoms with van der Waals surface area (Å²) in [5.74, 6) is 0. The van der Waals surface area contributed by atoms with Gasteiger partial charge in [-0.2, -0.15) is 0 Å². The molecule has 1 unspecified atom stereocenters. The first kappa shape index (κ1) is 13.9. The standard InChI is InChI=1S/C15H16N2S3/c1-9-6-7-19-14(9)10(2)16-11-4-5-12-13(8-11)20-15(17-12)18-3/h4-8,10,16H,1-3H3. The topological polar surface area (TPSA) is 24.9 Å². The fourth-order valence-electron chi connectivity index (χ4n) is 2.22. The molecule has 3 rings (SSSR count). The molecular weight excluding hydrogens is 304 g/mol. The number of hydrogen-bond donors (Lipinski definition) is 1. The van der Waals surface area contributed by atoms with Gasteiger partial charge in [0.15, 0.2) is 4.34 Å². The van der Waals surface area contributed by atoms with Crippen LogP contribution in [0.1, 0.15) is 23.4 Å². The summed E-state index contributed by atoms with van der Waals surface area (Å²) in [5, 5.41) is 5.74. The molecule has 0 radical (unpaired) electrons. The van der Waals surface area contributed by atoms with E-state index in [1.54, 1.807) is 23.1 Å². The third-order valence-electron chi connectivity index (χ3n) is 3.22. The molecule has 2 nitrogen and oxygen atoms in total. The summed E-state index contributed by atoms with van der Waals surface area (Å²) >= 11 is 5.27. The number of fused-ring (bicyclic) bond motifs is 1. The number of hydrogen-bond acceptors (Lipinski definition) is 5. The molecule has 1 N–H and O–H groups in total. The van der Waals surface area contributed by atoms with Crippen LogP contribution in [0.25, 0.3) is 10.2 Å². The van der Waals surface area contributed by atoms with Crippen molar-refractivity contribution in [2.45, 2.75) is 24.2 Å². The van der Waals surface area contributed by atoms with E-state index < -0.39 is 0 Å². The second-order valence-electron chi connectivity index (χ2n) is 4.70. The first-order valence-electron chi connectivity index (χ1n) is 6.42. The van der Waals surface area contributed by atoms with Crippen molar-refractivity contribution in [3.63, 3.8) is 0 Å². The summed E-state index contributed by atoms with van der Waals surface area (Å²) in [6.07, 6.45) is 2.07. The summed E-state index contributed by atoms with van der Waals surface area (Å²) < 4.78 is 2.37. The highest BCUT2D eigenvalue weighted by Crippen LogP contribution is 2.32. The summed E-state index contributed by atoms with van der Waals surface area (Å²) in [6, 6.07) is 8.93. The monoisotopic (exact) mass is 320 g/mol. The molecule has 0 fully saturated rings. The molecule has 2 heterocycles. The Morgan fingerprint density at radius 1 is 1.30 bits per heavy atom. The molecule has 0 aliphatic carbocycles. The minimum atomic E-state index is 0.334. The Morgan fingerprint density at radius 2 is 2.15 bits per heavy atom. The number of aromatic nitrogens is 1. The summed E-state index contributed by atoms with van der Waals surface area (Å²) in [6.45, 7) is 4.38. The van der Waals surface area contributed by atoms with Crippen LogP contribution in [0.2, 0.25) is 0 Å². The molecule has 104 valence electrons. The second kappa shape index (κ2) is 5.76. The SMILES string of the molecule is CSc1nc2ccc(NC(C)c3sccc3C)cc2s1. The van der Waals surface area contributed by atoms with Gasteiger partial charge >= 0.3 is 0 Å². The maximum absolute atomic E-state index is 4.57. The van der Waals surface area contributed by atoms with Gasteiger partial charge < -0.3 is 5.32 Å². The predicted octanol–water partition coefficient (Wildman–Crippen LogP) is 5.56. The largest absolute Gasteiger partial charge is 0.378 e. The first-order chi connectivity index (χ1) is 9.67. The van der Waals surface area contributed by atoms with Gasteiger partial charge in [0.05, 0.1) is 16.3 Å². The zero-order chi connectivity index (χ0) is 14.1. The van der Waals surface area contributed by atoms with Crippen LogP contribution >= 0.6 is 34.4 Å². The van der Waals surface area contributed by atoms with Crippen LogP contribution in [0.5, 0.6) is 0 Å². The lowest BCUT2D eigenvalue weighted by molar-refractivity contribution is 0.900. The smallest absolute Gasteiger partial charge is 0.150 e. The highest BCUT2D eigenvalue weighted by Gasteiger charge is 2.10. The quantitative estimate of drug-likeness (QED) is 0.637. The Morgan fingerprint density at radius 3 is 2.85 bits per heavy atom. The zero-order valence-electron chi connectivity index (χ0n) is 11.6. The lowest BCUT2D eigenvalue weighted by Gasteiger charge is -2.15. The molecule has 0 aliphatic rings. The molecule has 20 heavy (non-hydrogen) atoms. The first-order valence-corrected chi connectivity index (χ1v) is 9.34. The maximum atomic E-state index is 4.57. The van der Waals surface area contributed by atoms with Gasteiger partial charge in [-0.05, 0) is 55.3 Å². The van der Waals surface area contributed by atoms with Gasteiger partial charge in [0.1, 0.15) is 0 Å². The molecular formula is C15H16N2S3. The van der Waals surface area contributed by atoms with Crippen molar-refractivity contribution in [1.29, 1.82) is 0 Å². The lowest BCUT2D eigenvalue weighted by Crippen LogP contribution is -2.05. The Labute approximate surface area is 131 Å². The number of thioether (sulfide) groups is 1. The van der Waals surface area contributed by atoms with Gasteiger partial charge in [0.2, 0.25) is 0 Å². The van der Waals surface area contributed by atoms with Crippen molar-refractivity contribution < 1.29 is 0 Å². The lowest BCUT2D eigenvalue weighted by atomic mass is 10.2. The Kier molecular flexibility index (Phi) is 4.01. The van der Waals surface area contributed by atoms with E-state index in [0.29, 0.717) is 6.04 Å². The fraction of sp³-hybridized carbons (Fsp3) is 0.267. The van der Waals surface area contributed by atoms with Crippen LogP contribution in [0, 0.1) is 6.92 Å². The van der Waals surface area contributed by atoms with E-state index in [4.69, 9.17) is 0 Å². The van der Waals surface area contributed by atoms with E-state index in [9.17, 15) is 0 Å². The Balaban J connectivity index is 1.85. The van der Waals surface area contributed by atoms with Crippen molar-refractivity contribution in [1.82, 2.24) is 4.98 Å². The highest BCUT2D eigenvalue weighted by atomic mass is 32.2. The zero-order valence-corrected chi connectivity index (χ0v) is 14.1. The van der Waals surface area contributed by atoms with Crippen LogP contribution in [0.15, 0.2) is 34.0 Å². The second-order valence-corrected chi connectivity index (χ2v) is 7.73. The number of nitrogens with one attached hydrogen (secondary N) is 1. The third-order valence-corrected chi connectivity index (χ3v) is 6.43.